The molecule has 1 aromatic rings. The molecule has 1 N–H and O–H groups in total. The third kappa shape index (κ3) is 3.96. The van der Waals surface area contributed by atoms with E-state index in [0.717, 1.165) is 28.4 Å². The molecule has 4 heteroatoms. The van der Waals surface area contributed by atoms with Crippen LogP contribution in [0.3, 0.4) is 0 Å². The zero-order chi connectivity index (χ0) is 12.1. The molecule has 1 fully saturated rings. The van der Waals surface area contributed by atoms with Crippen molar-refractivity contribution in [3.63, 3.8) is 0 Å². The minimum Gasteiger partial charge on any atom is -0.349 e. The first-order chi connectivity index (χ1) is 8.25. The van der Waals surface area contributed by atoms with Crippen LogP contribution < -0.4 is 5.32 Å². The monoisotopic (exact) mass is 312 g/mol. The molecule has 1 aromatic carbocycles. The van der Waals surface area contributed by atoms with Crippen molar-refractivity contribution in [3.05, 3.63) is 28.7 Å². The van der Waals surface area contributed by atoms with Crippen molar-refractivity contribution in [2.24, 2.45) is 0 Å². The summed E-state index contributed by atoms with van der Waals surface area (Å²) in [5, 5.41) is 4.16. The second kappa shape index (κ2) is 6.36. The number of nitrogens with one attached hydrogen (secondary N) is 1. The fraction of sp³-hybridized carbons (Fsp3) is 0.462. The Labute approximate surface area is 117 Å². The number of rotatable bonds is 1. The van der Waals surface area contributed by atoms with E-state index in [1.807, 2.05) is 24.3 Å². The van der Waals surface area contributed by atoms with Crippen LogP contribution in [-0.4, -0.2) is 23.1 Å². The number of thiocarbonyl (C=S) groups is 1. The Kier molecular flexibility index (Phi) is 4.80. The van der Waals surface area contributed by atoms with Gasteiger partial charge >= 0.3 is 0 Å². The van der Waals surface area contributed by atoms with Gasteiger partial charge in [-0.1, -0.05) is 28.8 Å². The lowest BCUT2D eigenvalue weighted by atomic mass is 10.2. The molecule has 0 radical (unpaired) electrons. The minimum atomic E-state index is 0.856. The third-order valence-corrected chi connectivity index (χ3v) is 3.88. The van der Waals surface area contributed by atoms with Crippen LogP contribution in [0.4, 0.5) is 5.69 Å². The minimum absolute atomic E-state index is 0.856. The number of anilines is 1. The Hall–Kier alpha value is -0.610. The van der Waals surface area contributed by atoms with Gasteiger partial charge in [0.2, 0.25) is 0 Å². The Morgan fingerprint density at radius 1 is 1.06 bits per heavy atom. The zero-order valence-corrected chi connectivity index (χ0v) is 12.2. The predicted molar refractivity (Wildman–Crippen MR) is 80.4 cm³/mol. The molecule has 1 heterocycles. The van der Waals surface area contributed by atoms with Crippen molar-refractivity contribution in [1.29, 1.82) is 0 Å². The molecule has 0 atom stereocenters. The number of halogens is 1. The summed E-state index contributed by atoms with van der Waals surface area (Å²) in [5.41, 5.74) is 1.06. The highest BCUT2D eigenvalue weighted by Crippen LogP contribution is 2.16. The molecule has 1 saturated heterocycles. The van der Waals surface area contributed by atoms with Crippen molar-refractivity contribution in [2.45, 2.75) is 25.7 Å². The van der Waals surface area contributed by atoms with Gasteiger partial charge in [-0.15, -0.1) is 0 Å². The van der Waals surface area contributed by atoms with Gasteiger partial charge in [-0.3, -0.25) is 0 Å². The number of hydrogen-bond acceptors (Lipinski definition) is 1. The number of hydrogen-bond donors (Lipinski definition) is 1. The largest absolute Gasteiger partial charge is 0.349 e. The highest BCUT2D eigenvalue weighted by atomic mass is 79.9. The molecular weight excluding hydrogens is 296 g/mol. The predicted octanol–water partition coefficient (Wildman–Crippen LogP) is 4.02. The quantitative estimate of drug-likeness (QED) is 0.788. The van der Waals surface area contributed by atoms with E-state index in [4.69, 9.17) is 12.2 Å². The average molecular weight is 313 g/mol. The maximum Gasteiger partial charge on any atom is 0.173 e. The van der Waals surface area contributed by atoms with Crippen molar-refractivity contribution < 1.29 is 0 Å². The lowest BCUT2D eigenvalue weighted by Gasteiger charge is -2.23. The molecule has 0 aromatic heterocycles. The van der Waals surface area contributed by atoms with E-state index in [1.165, 1.54) is 25.7 Å². The Balaban J connectivity index is 1.93. The highest BCUT2D eigenvalue weighted by Gasteiger charge is 2.11. The van der Waals surface area contributed by atoms with Crippen molar-refractivity contribution in [2.75, 3.05) is 18.4 Å². The molecule has 0 bridgehead atoms. The van der Waals surface area contributed by atoms with E-state index in [2.05, 4.69) is 26.1 Å². The second-order valence-corrected chi connectivity index (χ2v) is 5.64. The van der Waals surface area contributed by atoms with Gasteiger partial charge in [0.25, 0.3) is 0 Å². The Bertz CT molecular complexity index is 370. The van der Waals surface area contributed by atoms with E-state index in [1.54, 1.807) is 0 Å². The van der Waals surface area contributed by atoms with Gasteiger partial charge in [-0.25, -0.2) is 0 Å². The summed E-state index contributed by atoms with van der Waals surface area (Å²) in [7, 11) is 0. The van der Waals surface area contributed by atoms with E-state index in [0.29, 0.717) is 0 Å². The lowest BCUT2D eigenvalue weighted by Crippen LogP contribution is -2.35. The summed E-state index contributed by atoms with van der Waals surface area (Å²) in [4.78, 5) is 2.28. The Morgan fingerprint density at radius 2 is 1.65 bits per heavy atom. The molecule has 17 heavy (non-hydrogen) atoms. The maximum absolute atomic E-state index is 5.45. The molecule has 2 rings (SSSR count). The zero-order valence-electron chi connectivity index (χ0n) is 9.79. The molecular formula is C13H17BrN2S. The fourth-order valence-electron chi connectivity index (χ4n) is 2.01. The van der Waals surface area contributed by atoms with E-state index in [9.17, 15) is 0 Å². The van der Waals surface area contributed by atoms with Gasteiger partial charge in [0, 0.05) is 23.2 Å². The van der Waals surface area contributed by atoms with Gasteiger partial charge in [0.15, 0.2) is 5.11 Å². The van der Waals surface area contributed by atoms with E-state index < -0.39 is 0 Å². The smallest absolute Gasteiger partial charge is 0.173 e. The molecule has 0 amide bonds. The summed E-state index contributed by atoms with van der Waals surface area (Å²) in [5.74, 6) is 0. The number of benzene rings is 1. The van der Waals surface area contributed by atoms with Crippen LogP contribution in [0.15, 0.2) is 28.7 Å². The third-order valence-electron chi connectivity index (χ3n) is 2.99. The topological polar surface area (TPSA) is 15.3 Å². The molecule has 92 valence electrons. The summed E-state index contributed by atoms with van der Waals surface area (Å²) in [6, 6.07) is 8.11. The van der Waals surface area contributed by atoms with Crippen molar-refractivity contribution in [1.82, 2.24) is 4.90 Å². The van der Waals surface area contributed by atoms with Gasteiger partial charge in [-0.2, -0.15) is 0 Å². The van der Waals surface area contributed by atoms with Crippen LogP contribution in [0.1, 0.15) is 25.7 Å². The van der Waals surface area contributed by atoms with Gasteiger partial charge in [-0.05, 0) is 49.3 Å². The first kappa shape index (κ1) is 12.8. The van der Waals surface area contributed by atoms with Crippen LogP contribution in [0, 0.1) is 0 Å². The first-order valence-corrected chi connectivity index (χ1v) is 7.27. The maximum atomic E-state index is 5.45. The van der Waals surface area contributed by atoms with E-state index >= 15 is 0 Å². The number of nitrogens with zero attached hydrogens (tertiary/aromatic N) is 1. The van der Waals surface area contributed by atoms with Crippen LogP contribution in [0.25, 0.3) is 0 Å². The number of likely N-dealkylation sites (tertiary alicyclic amines) is 1. The average Bonchev–Trinajstić information content (AvgIpc) is 2.61. The van der Waals surface area contributed by atoms with E-state index in [-0.39, 0.29) is 0 Å². The normalized spacial score (nSPS) is 16.4. The first-order valence-electron chi connectivity index (χ1n) is 6.07. The summed E-state index contributed by atoms with van der Waals surface area (Å²) < 4.78 is 1.09. The SMILES string of the molecule is S=C(Nc1ccc(Br)cc1)N1CCCCCC1. The van der Waals surface area contributed by atoms with Gasteiger partial charge < -0.3 is 10.2 Å². The van der Waals surface area contributed by atoms with Crippen molar-refractivity contribution >= 4 is 38.9 Å². The fourth-order valence-corrected chi connectivity index (χ4v) is 2.57. The molecule has 0 spiro atoms. The van der Waals surface area contributed by atoms with Crippen LogP contribution in [0.2, 0.25) is 0 Å². The summed E-state index contributed by atoms with van der Waals surface area (Å²) in [6.45, 7) is 2.17. The molecule has 1 aliphatic rings. The van der Waals surface area contributed by atoms with Crippen LogP contribution in [-0.2, 0) is 0 Å². The van der Waals surface area contributed by atoms with Crippen LogP contribution >= 0.6 is 28.1 Å². The van der Waals surface area contributed by atoms with Gasteiger partial charge in [0.05, 0.1) is 0 Å². The summed E-state index contributed by atoms with van der Waals surface area (Å²) in [6.07, 6.45) is 5.17. The molecule has 0 saturated carbocycles. The van der Waals surface area contributed by atoms with Gasteiger partial charge in [0.1, 0.15) is 0 Å². The summed E-state index contributed by atoms with van der Waals surface area (Å²) >= 11 is 8.88. The molecule has 1 aliphatic heterocycles. The molecule has 2 nitrogen and oxygen atoms in total. The molecule has 0 unspecified atom stereocenters. The second-order valence-electron chi connectivity index (χ2n) is 4.34. The molecule has 0 aliphatic carbocycles. The highest BCUT2D eigenvalue weighted by molar-refractivity contribution is 9.10. The Morgan fingerprint density at radius 3 is 2.24 bits per heavy atom. The van der Waals surface area contributed by atoms with Crippen LogP contribution in [0.5, 0.6) is 0 Å². The standard InChI is InChI=1S/C13H17BrN2S/c14-11-5-7-12(8-6-11)15-13(17)16-9-3-1-2-4-10-16/h5-8H,1-4,9-10H2,(H,15,17). The van der Waals surface area contributed by atoms with Crippen molar-refractivity contribution in [3.8, 4) is 0 Å². The lowest BCUT2D eigenvalue weighted by molar-refractivity contribution is 0.441.